The van der Waals surface area contributed by atoms with Crippen LogP contribution in [0.15, 0.2) is 56.0 Å². The van der Waals surface area contributed by atoms with E-state index in [-0.39, 0.29) is 12.1 Å². The third-order valence-corrected chi connectivity index (χ3v) is 3.47. The van der Waals surface area contributed by atoms with Crippen LogP contribution >= 0.6 is 0 Å². The van der Waals surface area contributed by atoms with E-state index in [9.17, 15) is 9.59 Å². The monoisotopic (exact) mass is 266 g/mol. The summed E-state index contributed by atoms with van der Waals surface area (Å²) in [4.78, 5) is 37.1. The smallest absolute Gasteiger partial charge is 0.314 e. The van der Waals surface area contributed by atoms with Crippen LogP contribution in [0.3, 0.4) is 0 Å². The number of fused-ring (bicyclic) bond motifs is 3. The van der Waals surface area contributed by atoms with Crippen molar-refractivity contribution >= 4 is 11.0 Å². The van der Waals surface area contributed by atoms with Gasteiger partial charge in [0.05, 0.1) is 33.8 Å². The zero-order valence-electron chi connectivity index (χ0n) is 10.3. The van der Waals surface area contributed by atoms with Gasteiger partial charge in [-0.3, -0.25) is 19.6 Å². The van der Waals surface area contributed by atoms with E-state index in [0.717, 1.165) is 10.7 Å². The summed E-state index contributed by atoms with van der Waals surface area (Å²) in [5, 5.41) is 1.45. The number of allylic oxidation sites excluding steroid dienone is 2. The highest BCUT2D eigenvalue weighted by molar-refractivity contribution is 5.72. The van der Waals surface area contributed by atoms with Crippen molar-refractivity contribution in [3.63, 3.8) is 0 Å². The topological polar surface area (TPSA) is 90.4 Å². The van der Waals surface area contributed by atoms with Gasteiger partial charge in [0.25, 0.3) is 0 Å². The highest BCUT2D eigenvalue weighted by Gasteiger charge is 2.19. The van der Waals surface area contributed by atoms with Gasteiger partial charge in [-0.15, -0.1) is 0 Å². The number of hydrogen-bond acceptors (Lipinski definition) is 4. The molecule has 0 bridgehead atoms. The van der Waals surface area contributed by atoms with E-state index in [4.69, 9.17) is 0 Å². The van der Waals surface area contributed by atoms with Crippen LogP contribution in [-0.4, -0.2) is 22.1 Å². The third kappa shape index (κ3) is 1.58. The van der Waals surface area contributed by atoms with E-state index in [0.29, 0.717) is 11.0 Å². The fourth-order valence-corrected chi connectivity index (χ4v) is 2.49. The Kier molecular flexibility index (Phi) is 2.14. The van der Waals surface area contributed by atoms with Crippen molar-refractivity contribution in [2.24, 2.45) is 9.98 Å². The lowest BCUT2D eigenvalue weighted by atomic mass is 10.0. The van der Waals surface area contributed by atoms with Crippen LogP contribution in [0.25, 0.3) is 11.0 Å². The van der Waals surface area contributed by atoms with E-state index in [1.54, 1.807) is 12.1 Å². The SMILES string of the molecule is O=c1[nH]c2cc3c(cc2[nH]c1=O)=N[C@H]1C=CC=C[C@@H]1N=3. The van der Waals surface area contributed by atoms with Gasteiger partial charge in [0.2, 0.25) is 0 Å². The van der Waals surface area contributed by atoms with Gasteiger partial charge >= 0.3 is 11.1 Å². The molecule has 0 fully saturated rings. The number of nitrogens with one attached hydrogen (secondary N) is 2. The van der Waals surface area contributed by atoms with Crippen LogP contribution in [0.2, 0.25) is 0 Å². The van der Waals surface area contributed by atoms with Gasteiger partial charge in [-0.1, -0.05) is 24.3 Å². The highest BCUT2D eigenvalue weighted by atomic mass is 16.2. The Labute approximate surface area is 111 Å². The van der Waals surface area contributed by atoms with Crippen LogP contribution in [-0.2, 0) is 0 Å². The van der Waals surface area contributed by atoms with E-state index in [1.165, 1.54) is 0 Å². The summed E-state index contributed by atoms with van der Waals surface area (Å²) in [7, 11) is 0. The number of H-pyrrole nitrogens is 2. The quantitative estimate of drug-likeness (QED) is 0.619. The fraction of sp³-hybridized carbons (Fsp3) is 0.143. The Morgan fingerprint density at radius 1 is 0.800 bits per heavy atom. The predicted octanol–water partition coefficient (Wildman–Crippen LogP) is -0.668. The Balaban J connectivity index is 2.08. The van der Waals surface area contributed by atoms with Crippen LogP contribution in [0, 0.1) is 0 Å². The molecular formula is C14H10N4O2. The summed E-state index contributed by atoms with van der Waals surface area (Å²) in [5.41, 5.74) is -0.214. The first-order valence-corrected chi connectivity index (χ1v) is 6.28. The van der Waals surface area contributed by atoms with Gasteiger partial charge in [-0.25, -0.2) is 0 Å². The van der Waals surface area contributed by atoms with Gasteiger partial charge in [0.1, 0.15) is 0 Å². The summed E-state index contributed by atoms with van der Waals surface area (Å²) in [6.07, 6.45) is 7.89. The second kappa shape index (κ2) is 3.86. The minimum atomic E-state index is -0.663. The second-order valence-electron chi connectivity index (χ2n) is 4.80. The standard InChI is InChI=1S/C14H10N4O2/c19-13-14(20)18-12-6-10-9(5-11(12)17-13)15-7-3-1-2-4-8(7)16-10/h1-8H,(H,17,19)(H,18,20)/t7-,8-/m0/s1. The van der Waals surface area contributed by atoms with Crippen LogP contribution in [0.5, 0.6) is 0 Å². The van der Waals surface area contributed by atoms with Crippen molar-refractivity contribution < 1.29 is 0 Å². The average molecular weight is 266 g/mol. The lowest BCUT2D eigenvalue weighted by Crippen LogP contribution is -2.39. The molecule has 0 amide bonds. The van der Waals surface area contributed by atoms with Crippen LogP contribution < -0.4 is 21.8 Å². The van der Waals surface area contributed by atoms with E-state index >= 15 is 0 Å². The molecule has 20 heavy (non-hydrogen) atoms. The van der Waals surface area contributed by atoms with Gasteiger partial charge in [0.15, 0.2) is 0 Å². The zero-order valence-corrected chi connectivity index (χ0v) is 10.3. The second-order valence-corrected chi connectivity index (χ2v) is 4.80. The van der Waals surface area contributed by atoms with Crippen molar-refractivity contribution in [3.8, 4) is 0 Å². The summed E-state index contributed by atoms with van der Waals surface area (Å²) < 4.78 is 0. The molecule has 4 rings (SSSR count). The first kappa shape index (κ1) is 11.1. The molecule has 2 atom stereocenters. The molecule has 1 aliphatic carbocycles. The highest BCUT2D eigenvalue weighted by Crippen LogP contribution is 2.13. The number of aromatic amines is 2. The number of nitrogens with zero attached hydrogens (tertiary/aromatic N) is 2. The first-order valence-electron chi connectivity index (χ1n) is 6.28. The summed E-state index contributed by atoms with van der Waals surface area (Å²) in [5.74, 6) is 0. The van der Waals surface area contributed by atoms with Gasteiger partial charge in [0, 0.05) is 0 Å². The third-order valence-electron chi connectivity index (χ3n) is 3.47. The maximum atomic E-state index is 11.4. The molecular weight excluding hydrogens is 256 g/mol. The molecule has 0 unspecified atom stereocenters. The Morgan fingerprint density at radius 2 is 1.25 bits per heavy atom. The zero-order chi connectivity index (χ0) is 13.7. The maximum Gasteiger partial charge on any atom is 0.314 e. The molecule has 0 saturated heterocycles. The van der Waals surface area contributed by atoms with Crippen LogP contribution in [0.1, 0.15) is 0 Å². The van der Waals surface area contributed by atoms with Crippen molar-refractivity contribution in [1.82, 2.24) is 9.97 Å². The largest absolute Gasteiger partial charge is 0.316 e. The molecule has 6 heteroatoms. The average Bonchev–Trinajstić information content (AvgIpc) is 2.44. The van der Waals surface area contributed by atoms with E-state index in [2.05, 4.69) is 20.0 Å². The predicted molar refractivity (Wildman–Crippen MR) is 73.4 cm³/mol. The Morgan fingerprint density at radius 3 is 1.70 bits per heavy atom. The van der Waals surface area contributed by atoms with Crippen molar-refractivity contribution in [3.05, 3.63) is 67.9 Å². The molecule has 98 valence electrons. The number of rotatable bonds is 0. The van der Waals surface area contributed by atoms with E-state index in [1.807, 2.05) is 24.3 Å². The normalized spacial score (nSPS) is 22.8. The lowest BCUT2D eigenvalue weighted by molar-refractivity contribution is 0.646. The summed E-state index contributed by atoms with van der Waals surface area (Å²) in [6.45, 7) is 0. The molecule has 1 aromatic heterocycles. The lowest BCUT2D eigenvalue weighted by Gasteiger charge is -2.19. The minimum Gasteiger partial charge on any atom is -0.316 e. The molecule has 2 heterocycles. The number of benzene rings is 1. The molecule has 6 nitrogen and oxygen atoms in total. The van der Waals surface area contributed by atoms with Crippen LogP contribution in [0.4, 0.5) is 0 Å². The van der Waals surface area contributed by atoms with E-state index < -0.39 is 11.1 Å². The van der Waals surface area contributed by atoms with Crippen molar-refractivity contribution in [2.45, 2.75) is 12.1 Å². The molecule has 0 spiro atoms. The van der Waals surface area contributed by atoms with Crippen molar-refractivity contribution in [2.75, 3.05) is 0 Å². The molecule has 0 radical (unpaired) electrons. The van der Waals surface area contributed by atoms with Gasteiger partial charge in [-0.2, -0.15) is 0 Å². The first-order chi connectivity index (χ1) is 9.70. The van der Waals surface area contributed by atoms with Gasteiger partial charge in [-0.05, 0) is 12.1 Å². The molecule has 1 aromatic carbocycles. The number of aromatic nitrogens is 2. The number of hydrogen-bond donors (Lipinski definition) is 2. The molecule has 1 aliphatic heterocycles. The summed E-state index contributed by atoms with van der Waals surface area (Å²) >= 11 is 0. The molecule has 2 aliphatic rings. The molecule has 2 N–H and O–H groups in total. The maximum absolute atomic E-state index is 11.4. The van der Waals surface area contributed by atoms with Gasteiger partial charge < -0.3 is 9.97 Å². The minimum absolute atomic E-state index is 0.000525. The molecule has 2 aromatic rings. The summed E-state index contributed by atoms with van der Waals surface area (Å²) in [6, 6.07) is 3.49. The fourth-order valence-electron chi connectivity index (χ4n) is 2.49. The Hall–Kier alpha value is -2.76. The Bertz CT molecular complexity index is 928. The molecule has 0 saturated carbocycles. The van der Waals surface area contributed by atoms with Crippen molar-refractivity contribution in [1.29, 1.82) is 0 Å².